The molecule has 1 aliphatic heterocycles. The van der Waals surface area contributed by atoms with E-state index in [2.05, 4.69) is 40.2 Å². The molecule has 0 aliphatic carbocycles. The zero-order valence-electron chi connectivity index (χ0n) is 14.4. The van der Waals surface area contributed by atoms with E-state index in [1.54, 1.807) is 12.4 Å². The Morgan fingerprint density at radius 1 is 1.33 bits per heavy atom. The normalized spacial score (nSPS) is 16.5. The quantitative estimate of drug-likeness (QED) is 0.917. The van der Waals surface area contributed by atoms with Crippen LogP contribution in [0.2, 0.25) is 0 Å². The second-order valence-corrected chi connectivity index (χ2v) is 6.70. The highest BCUT2D eigenvalue weighted by molar-refractivity contribution is 5.92. The van der Waals surface area contributed by atoms with Crippen molar-refractivity contribution in [2.75, 3.05) is 18.4 Å². The van der Waals surface area contributed by atoms with Gasteiger partial charge in [0.1, 0.15) is 0 Å². The fraction of sp³-hybridized carbons (Fsp3) is 0.500. The number of amides is 1. The highest BCUT2D eigenvalue weighted by atomic mass is 16.1. The van der Waals surface area contributed by atoms with Crippen molar-refractivity contribution >= 4 is 11.6 Å². The molecule has 6 heteroatoms. The molecule has 6 nitrogen and oxygen atoms in total. The number of anilines is 1. The zero-order valence-corrected chi connectivity index (χ0v) is 14.4. The molecule has 3 heterocycles. The van der Waals surface area contributed by atoms with Crippen molar-refractivity contribution in [1.29, 1.82) is 0 Å². The van der Waals surface area contributed by atoms with Crippen LogP contribution in [-0.2, 0) is 11.3 Å². The standard InChI is InChI=1S/C18H25N5O/c1-14(2)23-13-17(11-20-23)21-18(24)16-5-8-22(9-6-16)12-15-4-3-7-19-10-15/h3-4,7,10-11,13-14,16H,5-6,8-9,12H2,1-2H3,(H,21,24). The molecule has 128 valence electrons. The van der Waals surface area contributed by atoms with Gasteiger partial charge in [-0.1, -0.05) is 6.07 Å². The third-order valence-corrected chi connectivity index (χ3v) is 4.49. The minimum Gasteiger partial charge on any atom is -0.323 e. The first-order valence-electron chi connectivity index (χ1n) is 8.58. The number of rotatable bonds is 5. The zero-order chi connectivity index (χ0) is 16.9. The Morgan fingerprint density at radius 2 is 2.12 bits per heavy atom. The molecule has 0 radical (unpaired) electrons. The molecule has 0 saturated carbocycles. The summed E-state index contributed by atoms with van der Waals surface area (Å²) < 4.78 is 1.85. The number of pyridine rings is 1. The molecule has 24 heavy (non-hydrogen) atoms. The van der Waals surface area contributed by atoms with E-state index in [9.17, 15) is 4.79 Å². The van der Waals surface area contributed by atoms with E-state index >= 15 is 0 Å². The van der Waals surface area contributed by atoms with Crippen molar-refractivity contribution < 1.29 is 4.79 Å². The van der Waals surface area contributed by atoms with E-state index in [1.807, 2.05) is 23.1 Å². The summed E-state index contributed by atoms with van der Waals surface area (Å²) >= 11 is 0. The lowest BCUT2D eigenvalue weighted by molar-refractivity contribution is -0.121. The maximum atomic E-state index is 12.4. The second kappa shape index (κ2) is 7.57. The van der Waals surface area contributed by atoms with Crippen LogP contribution in [0.25, 0.3) is 0 Å². The van der Waals surface area contributed by atoms with Gasteiger partial charge in [-0.15, -0.1) is 0 Å². The van der Waals surface area contributed by atoms with Crippen molar-refractivity contribution in [1.82, 2.24) is 19.7 Å². The Kier molecular flexibility index (Phi) is 5.25. The van der Waals surface area contributed by atoms with Gasteiger partial charge in [0, 0.05) is 37.1 Å². The lowest BCUT2D eigenvalue weighted by Crippen LogP contribution is -2.37. The first-order valence-corrected chi connectivity index (χ1v) is 8.58. The van der Waals surface area contributed by atoms with E-state index in [-0.39, 0.29) is 11.8 Å². The summed E-state index contributed by atoms with van der Waals surface area (Å²) in [6.07, 6.45) is 9.09. The van der Waals surface area contributed by atoms with E-state index in [0.29, 0.717) is 6.04 Å². The Labute approximate surface area is 142 Å². The number of aromatic nitrogens is 3. The highest BCUT2D eigenvalue weighted by Crippen LogP contribution is 2.21. The number of nitrogens with one attached hydrogen (secondary N) is 1. The summed E-state index contributed by atoms with van der Waals surface area (Å²) in [6.45, 7) is 6.92. The van der Waals surface area contributed by atoms with E-state index in [1.165, 1.54) is 5.56 Å². The topological polar surface area (TPSA) is 63.1 Å². The van der Waals surface area contributed by atoms with Gasteiger partial charge in [0.2, 0.25) is 5.91 Å². The first kappa shape index (κ1) is 16.6. The Balaban J connectivity index is 1.48. The average molecular weight is 327 g/mol. The molecule has 0 unspecified atom stereocenters. The minimum atomic E-state index is 0.0811. The molecule has 2 aromatic rings. The van der Waals surface area contributed by atoms with Gasteiger partial charge in [0.15, 0.2) is 0 Å². The van der Waals surface area contributed by atoms with Crippen molar-refractivity contribution in [2.45, 2.75) is 39.3 Å². The van der Waals surface area contributed by atoms with Gasteiger partial charge >= 0.3 is 0 Å². The van der Waals surface area contributed by atoms with Gasteiger partial charge in [-0.3, -0.25) is 19.4 Å². The third kappa shape index (κ3) is 4.20. The smallest absolute Gasteiger partial charge is 0.227 e. The SMILES string of the molecule is CC(C)n1cc(NC(=O)C2CCN(Cc3cccnc3)CC2)cn1. The molecule has 0 spiro atoms. The van der Waals surface area contributed by atoms with Crippen LogP contribution >= 0.6 is 0 Å². The lowest BCUT2D eigenvalue weighted by atomic mass is 9.95. The second-order valence-electron chi connectivity index (χ2n) is 6.70. The van der Waals surface area contributed by atoms with Crippen LogP contribution in [-0.4, -0.2) is 38.7 Å². The van der Waals surface area contributed by atoms with Crippen LogP contribution in [0.1, 0.15) is 38.3 Å². The molecule has 1 N–H and O–H groups in total. The van der Waals surface area contributed by atoms with Crippen LogP contribution in [0, 0.1) is 5.92 Å². The van der Waals surface area contributed by atoms with Crippen LogP contribution in [0.4, 0.5) is 5.69 Å². The van der Waals surface area contributed by atoms with Gasteiger partial charge in [-0.05, 0) is 51.4 Å². The molecule has 0 bridgehead atoms. The number of hydrogen-bond acceptors (Lipinski definition) is 4. The Morgan fingerprint density at radius 3 is 2.75 bits per heavy atom. The predicted molar refractivity (Wildman–Crippen MR) is 93.5 cm³/mol. The fourth-order valence-electron chi connectivity index (χ4n) is 3.03. The van der Waals surface area contributed by atoms with Crippen LogP contribution in [0.5, 0.6) is 0 Å². The van der Waals surface area contributed by atoms with Crippen LogP contribution in [0.3, 0.4) is 0 Å². The van der Waals surface area contributed by atoms with Gasteiger partial charge < -0.3 is 5.32 Å². The van der Waals surface area contributed by atoms with E-state index < -0.39 is 0 Å². The monoisotopic (exact) mass is 327 g/mol. The Bertz CT molecular complexity index is 659. The maximum Gasteiger partial charge on any atom is 0.227 e. The molecule has 3 rings (SSSR count). The number of nitrogens with zero attached hydrogens (tertiary/aromatic N) is 4. The fourth-order valence-corrected chi connectivity index (χ4v) is 3.03. The number of piperidine rings is 1. The van der Waals surface area contributed by atoms with Gasteiger partial charge in [-0.25, -0.2) is 0 Å². The van der Waals surface area contributed by atoms with Crippen LogP contribution in [0.15, 0.2) is 36.9 Å². The lowest BCUT2D eigenvalue weighted by Gasteiger charge is -2.31. The molecular formula is C18H25N5O. The summed E-state index contributed by atoms with van der Waals surface area (Å²) in [5.41, 5.74) is 2.01. The van der Waals surface area contributed by atoms with Crippen molar-refractivity contribution in [3.8, 4) is 0 Å². The number of carbonyl (C=O) groups excluding carboxylic acids is 1. The summed E-state index contributed by atoms with van der Waals surface area (Å²) in [4.78, 5) is 19.0. The van der Waals surface area contributed by atoms with E-state index in [0.717, 1.165) is 38.2 Å². The van der Waals surface area contributed by atoms with Crippen molar-refractivity contribution in [3.63, 3.8) is 0 Å². The highest BCUT2D eigenvalue weighted by Gasteiger charge is 2.25. The summed E-state index contributed by atoms with van der Waals surface area (Å²) in [7, 11) is 0. The third-order valence-electron chi connectivity index (χ3n) is 4.49. The molecular weight excluding hydrogens is 302 g/mol. The number of likely N-dealkylation sites (tertiary alicyclic amines) is 1. The molecule has 1 saturated heterocycles. The minimum absolute atomic E-state index is 0.0811. The van der Waals surface area contributed by atoms with Crippen molar-refractivity contribution in [3.05, 3.63) is 42.5 Å². The largest absolute Gasteiger partial charge is 0.323 e. The molecule has 1 aliphatic rings. The van der Waals surface area contributed by atoms with E-state index in [4.69, 9.17) is 0 Å². The first-order chi connectivity index (χ1) is 11.6. The summed E-state index contributed by atoms with van der Waals surface area (Å²) in [5, 5.41) is 7.26. The van der Waals surface area contributed by atoms with Gasteiger partial charge in [0.25, 0.3) is 0 Å². The predicted octanol–water partition coefficient (Wildman–Crippen LogP) is 2.71. The number of carbonyl (C=O) groups is 1. The molecule has 1 amide bonds. The molecule has 0 atom stereocenters. The van der Waals surface area contributed by atoms with Gasteiger partial charge in [-0.2, -0.15) is 5.10 Å². The molecule has 1 fully saturated rings. The Hall–Kier alpha value is -2.21. The number of hydrogen-bond donors (Lipinski definition) is 1. The summed E-state index contributed by atoms with van der Waals surface area (Å²) in [5.74, 6) is 0.192. The molecule has 2 aromatic heterocycles. The van der Waals surface area contributed by atoms with Gasteiger partial charge in [0.05, 0.1) is 11.9 Å². The molecule has 0 aromatic carbocycles. The van der Waals surface area contributed by atoms with Crippen LogP contribution < -0.4 is 5.32 Å². The maximum absolute atomic E-state index is 12.4. The summed E-state index contributed by atoms with van der Waals surface area (Å²) in [6, 6.07) is 4.36. The van der Waals surface area contributed by atoms with Crippen molar-refractivity contribution in [2.24, 2.45) is 5.92 Å². The average Bonchev–Trinajstić information content (AvgIpc) is 3.05.